The second-order valence-electron chi connectivity index (χ2n) is 10.9. The zero-order chi connectivity index (χ0) is 21.9. The quantitative estimate of drug-likeness (QED) is 0.466. The second-order valence-corrected chi connectivity index (χ2v) is 12.4. The number of aliphatic hydroxyl groups is 1. The lowest BCUT2D eigenvalue weighted by Crippen LogP contribution is -2.66. The first kappa shape index (κ1) is 22.6. The summed E-state index contributed by atoms with van der Waals surface area (Å²) in [6, 6.07) is 0. The lowest BCUT2D eigenvalue weighted by molar-refractivity contribution is -0.182. The van der Waals surface area contributed by atoms with Crippen LogP contribution >= 0.6 is 15.9 Å². The van der Waals surface area contributed by atoms with Gasteiger partial charge >= 0.3 is 11.9 Å². The van der Waals surface area contributed by atoms with Crippen LogP contribution in [0.4, 0.5) is 0 Å². The molecule has 5 nitrogen and oxygen atoms in total. The maximum absolute atomic E-state index is 11.7. The van der Waals surface area contributed by atoms with Crippen molar-refractivity contribution in [2.75, 3.05) is 6.61 Å². The minimum Gasteiger partial charge on any atom is -0.462 e. The molecule has 30 heavy (non-hydrogen) atoms. The molecule has 4 saturated carbocycles. The van der Waals surface area contributed by atoms with Crippen molar-refractivity contribution in [2.24, 2.45) is 34.5 Å². The lowest BCUT2D eigenvalue weighted by Gasteiger charge is -2.66. The zero-order valence-electron chi connectivity index (χ0n) is 18.8. The van der Waals surface area contributed by atoms with Crippen molar-refractivity contribution >= 4 is 27.9 Å². The van der Waals surface area contributed by atoms with E-state index in [0.717, 1.165) is 51.4 Å². The van der Waals surface area contributed by atoms with Crippen LogP contribution in [-0.2, 0) is 19.1 Å². The Kier molecular flexibility index (Phi) is 5.83. The van der Waals surface area contributed by atoms with Crippen molar-refractivity contribution in [3.05, 3.63) is 0 Å². The molecule has 9 atom stereocenters. The Morgan fingerprint density at radius 2 is 1.73 bits per heavy atom. The number of rotatable bonds is 3. The van der Waals surface area contributed by atoms with Gasteiger partial charge < -0.3 is 14.6 Å². The number of carbonyl (C=O) groups excluding carboxylic acids is 2. The maximum Gasteiger partial charge on any atom is 0.302 e. The summed E-state index contributed by atoms with van der Waals surface area (Å²) >= 11 is 4.13. The molecular formula is C24H37BrO5. The first-order valence-electron chi connectivity index (χ1n) is 11.7. The molecule has 0 bridgehead atoms. The Hall–Kier alpha value is -0.620. The van der Waals surface area contributed by atoms with Gasteiger partial charge in [0.2, 0.25) is 0 Å². The van der Waals surface area contributed by atoms with Crippen LogP contribution in [0.3, 0.4) is 0 Å². The third-order valence-electron chi connectivity index (χ3n) is 9.67. The van der Waals surface area contributed by atoms with Crippen LogP contribution in [-0.4, -0.2) is 40.2 Å². The number of ether oxygens (including phenoxy) is 2. The van der Waals surface area contributed by atoms with Gasteiger partial charge in [-0.1, -0.05) is 29.8 Å². The fourth-order valence-corrected chi connectivity index (χ4v) is 9.92. The van der Waals surface area contributed by atoms with Gasteiger partial charge in [-0.3, -0.25) is 9.59 Å². The molecule has 0 radical (unpaired) electrons. The van der Waals surface area contributed by atoms with Crippen molar-refractivity contribution in [3.63, 3.8) is 0 Å². The Bertz CT molecular complexity index is 712. The predicted molar refractivity (Wildman–Crippen MR) is 117 cm³/mol. The largest absolute Gasteiger partial charge is 0.462 e. The number of hydrogen-bond acceptors (Lipinski definition) is 5. The van der Waals surface area contributed by atoms with Gasteiger partial charge in [-0.25, -0.2) is 0 Å². The van der Waals surface area contributed by atoms with E-state index in [1.807, 2.05) is 0 Å². The molecule has 6 heteroatoms. The summed E-state index contributed by atoms with van der Waals surface area (Å²) in [5.74, 6) is 1.41. The number of aliphatic hydroxyl groups excluding tert-OH is 1. The van der Waals surface area contributed by atoms with Crippen LogP contribution in [0.25, 0.3) is 0 Å². The summed E-state index contributed by atoms with van der Waals surface area (Å²) in [5.41, 5.74) is -0.151. The standard InChI is InChI=1S/C24H37BrO5/c1-14-11-17(29-15(2)27)12-23(25)10-7-18-19-5-6-21(30-16(3)28)22(19,4)9-8-20(18)24(14,23)13-26/h14,17-21,26H,5-13H2,1-4H3/t14-,17+,18+,19+,20+,21+,22+,23-,24-/m1/s1. The van der Waals surface area contributed by atoms with E-state index in [0.29, 0.717) is 17.8 Å². The summed E-state index contributed by atoms with van der Waals surface area (Å²) in [5, 5.41) is 10.9. The van der Waals surface area contributed by atoms with Crippen molar-refractivity contribution in [3.8, 4) is 0 Å². The number of alkyl halides is 1. The molecule has 1 N–H and O–H groups in total. The molecule has 0 aromatic heterocycles. The maximum atomic E-state index is 11.7. The molecule has 0 heterocycles. The molecule has 170 valence electrons. The van der Waals surface area contributed by atoms with E-state index in [-0.39, 0.29) is 51.8 Å². The van der Waals surface area contributed by atoms with Crippen LogP contribution in [0.2, 0.25) is 0 Å². The summed E-state index contributed by atoms with van der Waals surface area (Å²) in [7, 11) is 0. The fraction of sp³-hybridized carbons (Fsp3) is 0.917. The summed E-state index contributed by atoms with van der Waals surface area (Å²) in [4.78, 5) is 23.3. The summed E-state index contributed by atoms with van der Waals surface area (Å²) in [6.45, 7) is 7.75. The van der Waals surface area contributed by atoms with E-state index in [9.17, 15) is 14.7 Å². The van der Waals surface area contributed by atoms with Gasteiger partial charge in [0, 0.05) is 35.4 Å². The highest BCUT2D eigenvalue weighted by molar-refractivity contribution is 9.10. The van der Waals surface area contributed by atoms with E-state index in [1.54, 1.807) is 0 Å². The first-order valence-corrected chi connectivity index (χ1v) is 12.5. The molecule has 0 aliphatic heterocycles. The van der Waals surface area contributed by atoms with Gasteiger partial charge in [0.1, 0.15) is 12.2 Å². The topological polar surface area (TPSA) is 72.8 Å². The Morgan fingerprint density at radius 3 is 2.37 bits per heavy atom. The van der Waals surface area contributed by atoms with Gasteiger partial charge in [-0.2, -0.15) is 0 Å². The van der Waals surface area contributed by atoms with E-state index < -0.39 is 0 Å². The molecule has 0 amide bonds. The van der Waals surface area contributed by atoms with Gasteiger partial charge in [-0.15, -0.1) is 0 Å². The number of esters is 2. The molecule has 4 aliphatic carbocycles. The number of halogens is 1. The molecule has 0 spiro atoms. The van der Waals surface area contributed by atoms with Crippen molar-refractivity contribution in [1.82, 2.24) is 0 Å². The van der Waals surface area contributed by atoms with Crippen molar-refractivity contribution < 1.29 is 24.2 Å². The summed E-state index contributed by atoms with van der Waals surface area (Å²) in [6.07, 6.45) is 7.81. The highest BCUT2D eigenvalue weighted by Crippen LogP contribution is 2.70. The zero-order valence-corrected chi connectivity index (χ0v) is 20.4. The van der Waals surface area contributed by atoms with Gasteiger partial charge in [-0.05, 0) is 68.6 Å². The Labute approximate surface area is 188 Å². The van der Waals surface area contributed by atoms with Crippen LogP contribution in [0, 0.1) is 34.5 Å². The number of carbonyl (C=O) groups is 2. The van der Waals surface area contributed by atoms with E-state index in [1.165, 1.54) is 13.8 Å². The molecule has 0 saturated heterocycles. The fourth-order valence-electron chi connectivity index (χ4n) is 8.52. The predicted octanol–water partition coefficient (Wildman–Crippen LogP) is 4.63. The average Bonchev–Trinajstić information content (AvgIpc) is 2.96. The highest BCUT2D eigenvalue weighted by atomic mass is 79.9. The average molecular weight is 485 g/mol. The van der Waals surface area contributed by atoms with Crippen molar-refractivity contribution in [1.29, 1.82) is 0 Å². The van der Waals surface area contributed by atoms with Crippen LogP contribution in [0.5, 0.6) is 0 Å². The van der Waals surface area contributed by atoms with Crippen LogP contribution < -0.4 is 0 Å². The van der Waals surface area contributed by atoms with Gasteiger partial charge in [0.15, 0.2) is 0 Å². The molecule has 0 aromatic rings. The van der Waals surface area contributed by atoms with Crippen LogP contribution in [0.1, 0.15) is 79.1 Å². The van der Waals surface area contributed by atoms with Crippen molar-refractivity contribution in [2.45, 2.75) is 95.6 Å². The minimum atomic E-state index is -0.218. The molecular weight excluding hydrogens is 448 g/mol. The van der Waals surface area contributed by atoms with Gasteiger partial charge in [0.05, 0.1) is 6.61 Å². The minimum absolute atomic E-state index is 0.0267. The third-order valence-corrected chi connectivity index (χ3v) is 11.1. The number of hydrogen-bond donors (Lipinski definition) is 1. The molecule has 4 fully saturated rings. The Balaban J connectivity index is 1.64. The normalized spacial score (nSPS) is 50.1. The molecule has 0 unspecified atom stereocenters. The molecule has 0 aromatic carbocycles. The monoisotopic (exact) mass is 484 g/mol. The summed E-state index contributed by atoms with van der Waals surface area (Å²) < 4.78 is 11.2. The molecule has 4 aliphatic rings. The third kappa shape index (κ3) is 3.18. The SMILES string of the molecule is CC(=O)O[C@H]1C[C@@H](C)[C@]2(CO)[C@H]3CC[C@]4(C)[C@@H](OC(C)=O)CC[C@H]4[C@@H]3CC[C@@]2(Br)C1. The van der Waals surface area contributed by atoms with E-state index in [4.69, 9.17) is 9.47 Å². The Morgan fingerprint density at radius 1 is 1.03 bits per heavy atom. The highest BCUT2D eigenvalue weighted by Gasteiger charge is 2.68. The van der Waals surface area contributed by atoms with E-state index >= 15 is 0 Å². The van der Waals surface area contributed by atoms with Crippen LogP contribution in [0.15, 0.2) is 0 Å². The lowest BCUT2D eigenvalue weighted by atomic mass is 9.42. The number of fused-ring (bicyclic) bond motifs is 5. The van der Waals surface area contributed by atoms with E-state index in [2.05, 4.69) is 29.8 Å². The first-order chi connectivity index (χ1) is 14.1. The smallest absolute Gasteiger partial charge is 0.302 e. The second kappa shape index (κ2) is 7.75. The van der Waals surface area contributed by atoms with Gasteiger partial charge in [0.25, 0.3) is 0 Å². The molecule has 4 rings (SSSR count).